The third-order valence-electron chi connectivity index (χ3n) is 5.37. The van der Waals surface area contributed by atoms with Gasteiger partial charge in [-0.15, -0.1) is 0 Å². The largest absolute Gasteiger partial charge is 0.481 e. The van der Waals surface area contributed by atoms with Crippen LogP contribution in [0.1, 0.15) is 45.1 Å². The molecule has 192 valence electrons. The highest BCUT2D eigenvalue weighted by atomic mass is 19.4. The van der Waals surface area contributed by atoms with E-state index in [0.717, 1.165) is 12.5 Å². The van der Waals surface area contributed by atoms with E-state index in [1.807, 2.05) is 19.9 Å². The molecule has 0 saturated carbocycles. The van der Waals surface area contributed by atoms with Crippen LogP contribution >= 0.6 is 0 Å². The van der Waals surface area contributed by atoms with Gasteiger partial charge in [0.15, 0.2) is 18.2 Å². The minimum atomic E-state index is -4.73. The average molecular weight is 500 g/mol. The Morgan fingerprint density at radius 2 is 2.00 bits per heavy atom. The van der Waals surface area contributed by atoms with E-state index < -0.39 is 59.7 Å². The summed E-state index contributed by atoms with van der Waals surface area (Å²) in [6.07, 6.45) is -3.00. The molecule has 35 heavy (non-hydrogen) atoms. The lowest BCUT2D eigenvalue weighted by molar-refractivity contribution is -0.138. The lowest BCUT2D eigenvalue weighted by Gasteiger charge is -2.25. The molecule has 3 N–H and O–H groups in total. The molecule has 0 unspecified atom stereocenters. The first-order valence-corrected chi connectivity index (χ1v) is 11.2. The van der Waals surface area contributed by atoms with Crippen LogP contribution in [0.4, 0.5) is 17.6 Å². The monoisotopic (exact) mass is 500 g/mol. The topological polar surface area (TPSA) is 120 Å². The summed E-state index contributed by atoms with van der Waals surface area (Å²) in [4.78, 5) is 37.1. The first-order chi connectivity index (χ1) is 16.4. The smallest absolute Gasteiger partial charge is 0.416 e. The van der Waals surface area contributed by atoms with E-state index in [1.54, 1.807) is 0 Å². The molecule has 1 heterocycles. The Morgan fingerprint density at radius 1 is 1.29 bits per heavy atom. The maximum atomic E-state index is 13.9. The molecule has 3 amide bonds. The van der Waals surface area contributed by atoms with E-state index in [1.165, 1.54) is 0 Å². The number of nitriles is 1. The molecule has 0 spiro atoms. The molecule has 3 atom stereocenters. The van der Waals surface area contributed by atoms with Gasteiger partial charge in [-0.3, -0.25) is 14.4 Å². The Hall–Kier alpha value is -3.36. The van der Waals surface area contributed by atoms with Crippen molar-refractivity contribution in [3.8, 4) is 11.8 Å². The molecule has 1 aromatic rings. The number of carbonyl (C=O) groups excluding carboxylic acids is 3. The van der Waals surface area contributed by atoms with Crippen LogP contribution in [0.5, 0.6) is 5.75 Å². The second-order valence-electron chi connectivity index (χ2n) is 8.74. The van der Waals surface area contributed by atoms with Gasteiger partial charge in [0.05, 0.1) is 11.6 Å². The van der Waals surface area contributed by atoms with Gasteiger partial charge in [0, 0.05) is 12.5 Å². The van der Waals surface area contributed by atoms with Crippen LogP contribution in [0.3, 0.4) is 0 Å². The van der Waals surface area contributed by atoms with Crippen LogP contribution in [-0.2, 0) is 20.6 Å². The van der Waals surface area contributed by atoms with Crippen LogP contribution in [0.2, 0.25) is 0 Å². The Morgan fingerprint density at radius 3 is 2.57 bits per heavy atom. The number of hydrogen-bond acceptors (Lipinski definition) is 5. The SMILES string of the molecule is CC(C)C[C@H](NC(=O)COc1ccc(C(F)(F)F)cc1F)C(=O)N[C@H](C#N)C[C@@H]1CCCNC1=O. The van der Waals surface area contributed by atoms with Crippen molar-refractivity contribution in [2.24, 2.45) is 11.8 Å². The van der Waals surface area contributed by atoms with Crippen LogP contribution in [0.15, 0.2) is 18.2 Å². The third kappa shape index (κ3) is 8.73. The fraction of sp³-hybridized carbons (Fsp3) is 0.565. The average Bonchev–Trinajstić information content (AvgIpc) is 2.77. The van der Waals surface area contributed by atoms with Gasteiger partial charge in [0.25, 0.3) is 5.91 Å². The summed E-state index contributed by atoms with van der Waals surface area (Å²) in [5.41, 5.74) is -1.20. The van der Waals surface area contributed by atoms with Crippen molar-refractivity contribution in [3.63, 3.8) is 0 Å². The predicted molar refractivity (Wildman–Crippen MR) is 116 cm³/mol. The number of halogens is 4. The van der Waals surface area contributed by atoms with E-state index in [-0.39, 0.29) is 30.7 Å². The van der Waals surface area contributed by atoms with Gasteiger partial charge in [-0.2, -0.15) is 18.4 Å². The van der Waals surface area contributed by atoms with Gasteiger partial charge in [0.2, 0.25) is 11.8 Å². The third-order valence-corrected chi connectivity index (χ3v) is 5.37. The van der Waals surface area contributed by atoms with Crippen LogP contribution in [0, 0.1) is 29.0 Å². The van der Waals surface area contributed by atoms with Crippen molar-refractivity contribution in [2.45, 2.75) is 57.8 Å². The quantitative estimate of drug-likeness (QED) is 0.427. The molecule has 2 rings (SSSR count). The van der Waals surface area contributed by atoms with Crippen molar-refractivity contribution in [1.82, 2.24) is 16.0 Å². The molecule has 1 saturated heterocycles. The number of rotatable bonds is 10. The van der Waals surface area contributed by atoms with Gasteiger partial charge in [-0.25, -0.2) is 4.39 Å². The molecule has 0 bridgehead atoms. The molecular formula is C23H28F4N4O4. The molecule has 1 fully saturated rings. The zero-order valence-corrected chi connectivity index (χ0v) is 19.4. The predicted octanol–water partition coefficient (Wildman–Crippen LogP) is 2.68. The van der Waals surface area contributed by atoms with E-state index in [9.17, 15) is 37.2 Å². The highest BCUT2D eigenvalue weighted by molar-refractivity contribution is 5.88. The summed E-state index contributed by atoms with van der Waals surface area (Å²) < 4.78 is 56.9. The molecular weight excluding hydrogens is 472 g/mol. The normalized spacial score (nSPS) is 17.7. The first-order valence-electron chi connectivity index (χ1n) is 11.2. The molecule has 1 aliphatic rings. The highest BCUT2D eigenvalue weighted by Gasteiger charge is 2.32. The number of piperidine rings is 1. The number of amides is 3. The number of benzene rings is 1. The maximum Gasteiger partial charge on any atom is 0.416 e. The van der Waals surface area contributed by atoms with Crippen LogP contribution in [-0.4, -0.2) is 43.0 Å². The standard InChI is InChI=1S/C23H28F4N4O4/c1-13(2)8-18(22(34)30-16(11-28)9-14-4-3-7-29-21(14)33)31-20(32)12-35-19-6-5-15(10-17(19)24)23(25,26)27/h5-6,10,13-14,16,18H,3-4,7-9,12H2,1-2H3,(H,29,33)(H,30,34)(H,31,32)/t14-,16-,18-/m0/s1. The van der Waals surface area contributed by atoms with Crippen molar-refractivity contribution in [3.05, 3.63) is 29.6 Å². The zero-order valence-electron chi connectivity index (χ0n) is 19.4. The van der Waals surface area contributed by atoms with Gasteiger partial charge >= 0.3 is 6.18 Å². The Labute approximate surface area is 200 Å². The van der Waals surface area contributed by atoms with E-state index in [2.05, 4.69) is 16.0 Å². The Bertz CT molecular complexity index is 962. The minimum absolute atomic E-state index is 0.0241. The van der Waals surface area contributed by atoms with Crippen molar-refractivity contribution < 1.29 is 36.7 Å². The fourth-order valence-electron chi connectivity index (χ4n) is 3.64. The fourth-order valence-corrected chi connectivity index (χ4v) is 3.64. The summed E-state index contributed by atoms with van der Waals surface area (Å²) >= 11 is 0. The summed E-state index contributed by atoms with van der Waals surface area (Å²) in [6, 6.07) is 1.63. The van der Waals surface area contributed by atoms with Gasteiger partial charge in [0.1, 0.15) is 12.1 Å². The second-order valence-corrected chi connectivity index (χ2v) is 8.74. The first kappa shape index (κ1) is 27.9. The summed E-state index contributed by atoms with van der Waals surface area (Å²) in [5.74, 6) is -3.87. The van der Waals surface area contributed by atoms with E-state index >= 15 is 0 Å². The number of alkyl halides is 3. The lowest BCUT2D eigenvalue weighted by Crippen LogP contribution is -2.51. The number of carbonyl (C=O) groups is 3. The molecule has 0 aliphatic carbocycles. The molecule has 1 aromatic carbocycles. The highest BCUT2D eigenvalue weighted by Crippen LogP contribution is 2.31. The molecule has 8 nitrogen and oxygen atoms in total. The number of ether oxygens (including phenoxy) is 1. The van der Waals surface area contributed by atoms with Gasteiger partial charge in [-0.05, 0) is 49.8 Å². The van der Waals surface area contributed by atoms with E-state index in [0.29, 0.717) is 19.0 Å². The van der Waals surface area contributed by atoms with Gasteiger partial charge in [-0.1, -0.05) is 13.8 Å². The van der Waals surface area contributed by atoms with Crippen molar-refractivity contribution in [1.29, 1.82) is 5.26 Å². The maximum absolute atomic E-state index is 13.9. The minimum Gasteiger partial charge on any atom is -0.481 e. The zero-order chi connectivity index (χ0) is 26.2. The van der Waals surface area contributed by atoms with Crippen LogP contribution in [0.25, 0.3) is 0 Å². The molecule has 12 heteroatoms. The van der Waals surface area contributed by atoms with Crippen LogP contribution < -0.4 is 20.7 Å². The number of nitrogens with one attached hydrogen (secondary N) is 3. The molecule has 1 aliphatic heterocycles. The molecule has 0 aromatic heterocycles. The van der Waals surface area contributed by atoms with E-state index in [4.69, 9.17) is 4.74 Å². The summed E-state index contributed by atoms with van der Waals surface area (Å²) in [5, 5.41) is 17.1. The molecule has 0 radical (unpaired) electrons. The number of nitrogens with zero attached hydrogens (tertiary/aromatic N) is 1. The Kier molecular flexibility index (Phi) is 9.86. The Balaban J connectivity index is 1.97. The van der Waals surface area contributed by atoms with Crippen molar-refractivity contribution >= 4 is 17.7 Å². The van der Waals surface area contributed by atoms with Crippen molar-refractivity contribution in [2.75, 3.05) is 13.2 Å². The summed E-state index contributed by atoms with van der Waals surface area (Å²) in [7, 11) is 0. The summed E-state index contributed by atoms with van der Waals surface area (Å²) in [6.45, 7) is 3.46. The van der Waals surface area contributed by atoms with Gasteiger partial charge < -0.3 is 20.7 Å². The second kappa shape index (κ2) is 12.4. The number of hydrogen-bond donors (Lipinski definition) is 3. The lowest BCUT2D eigenvalue weighted by atomic mass is 9.91.